The van der Waals surface area contributed by atoms with E-state index in [0.29, 0.717) is 46.8 Å². The molecule has 0 spiro atoms. The van der Waals surface area contributed by atoms with E-state index in [1.807, 2.05) is 75.6 Å². The molecule has 0 fully saturated rings. The van der Waals surface area contributed by atoms with E-state index in [-0.39, 0.29) is 36.5 Å². The first-order valence-electron chi connectivity index (χ1n) is 19.5. The van der Waals surface area contributed by atoms with Gasteiger partial charge >= 0.3 is 5.97 Å². The monoisotopic (exact) mass is 830 g/mol. The fraction of sp³-hybridized carbons (Fsp3) is 0.283. The van der Waals surface area contributed by atoms with Crippen molar-refractivity contribution >= 4 is 62.6 Å². The van der Waals surface area contributed by atoms with Crippen LogP contribution in [0.2, 0.25) is 10.0 Å². The molecule has 0 bridgehead atoms. The first-order valence-corrected chi connectivity index (χ1v) is 20.2. The van der Waals surface area contributed by atoms with Crippen LogP contribution in [0.3, 0.4) is 0 Å². The molecule has 8 rings (SSSR count). The molecule has 0 saturated heterocycles. The summed E-state index contributed by atoms with van der Waals surface area (Å²) < 4.78 is 15.4. The third-order valence-electron chi connectivity index (χ3n) is 11.2. The number of aromatic hydroxyl groups is 1. The smallest absolute Gasteiger partial charge is 0.354 e. The number of benzene rings is 3. The van der Waals surface area contributed by atoms with Gasteiger partial charge in [-0.3, -0.25) is 9.78 Å². The highest BCUT2D eigenvalue weighted by Gasteiger charge is 2.38. The number of carbonyl (C=O) groups excluding carboxylic acids is 2. The number of anilines is 1. The molecule has 59 heavy (non-hydrogen) atoms. The van der Waals surface area contributed by atoms with Crippen LogP contribution in [0.5, 0.6) is 11.5 Å². The highest BCUT2D eigenvalue weighted by atomic mass is 35.5. The average molecular weight is 832 g/mol. The molecule has 3 aromatic carbocycles. The number of pyridine rings is 1. The topological polar surface area (TPSA) is 125 Å². The van der Waals surface area contributed by atoms with Crippen LogP contribution in [0, 0.1) is 34.6 Å². The molecule has 0 saturated carbocycles. The number of methoxy groups -OCH3 is 1. The van der Waals surface area contributed by atoms with Gasteiger partial charge in [0.1, 0.15) is 29.2 Å². The highest BCUT2D eigenvalue weighted by Crippen LogP contribution is 2.46. The Kier molecular flexibility index (Phi) is 10.6. The van der Waals surface area contributed by atoms with Gasteiger partial charge in [0.15, 0.2) is 0 Å². The van der Waals surface area contributed by atoms with Gasteiger partial charge in [0.05, 0.1) is 47.7 Å². The minimum absolute atomic E-state index is 0.0459. The fourth-order valence-corrected chi connectivity index (χ4v) is 8.98. The Balaban J connectivity index is 1.30. The Morgan fingerprint density at radius 1 is 0.915 bits per heavy atom. The predicted molar refractivity (Wildman–Crippen MR) is 232 cm³/mol. The molecule has 5 heterocycles. The number of aromatic nitrogens is 5. The summed E-state index contributed by atoms with van der Waals surface area (Å²) in [6.07, 6.45) is 4.38. The Labute approximate surface area is 352 Å². The number of carbonyl (C=O) groups is 2. The van der Waals surface area contributed by atoms with Crippen molar-refractivity contribution in [3.63, 3.8) is 0 Å². The normalized spacial score (nSPS) is 14.0. The molecule has 0 aliphatic carbocycles. The lowest BCUT2D eigenvalue weighted by Crippen LogP contribution is -2.43. The maximum Gasteiger partial charge on any atom is 0.354 e. The zero-order valence-corrected chi connectivity index (χ0v) is 35.5. The molecular weight excluding hydrogens is 787 g/mol. The van der Waals surface area contributed by atoms with E-state index in [9.17, 15) is 9.90 Å². The average Bonchev–Trinajstić information content (AvgIpc) is 3.72. The summed E-state index contributed by atoms with van der Waals surface area (Å²) in [4.78, 5) is 44.1. The molecule has 0 unspecified atom stereocenters. The van der Waals surface area contributed by atoms with Gasteiger partial charge in [-0.25, -0.2) is 14.8 Å². The number of nitrogens with zero attached hydrogens (tertiary/aromatic N) is 6. The second-order valence-electron chi connectivity index (χ2n) is 15.4. The summed E-state index contributed by atoms with van der Waals surface area (Å²) in [6, 6.07) is 16.2. The maximum atomic E-state index is 15.5. The van der Waals surface area contributed by atoms with Gasteiger partial charge in [0.25, 0.3) is 5.91 Å². The molecule has 1 atom stereocenters. The quantitative estimate of drug-likeness (QED) is 0.107. The number of rotatable bonds is 10. The number of esters is 1. The molecule has 7 aromatic rings. The van der Waals surface area contributed by atoms with Crippen LogP contribution in [-0.2, 0) is 17.7 Å². The molecule has 1 amide bonds. The van der Waals surface area contributed by atoms with Crippen molar-refractivity contribution in [1.82, 2.24) is 24.1 Å². The lowest BCUT2D eigenvalue weighted by molar-refractivity contribution is 0.0589. The van der Waals surface area contributed by atoms with Gasteiger partial charge in [0, 0.05) is 63.2 Å². The lowest BCUT2D eigenvalue weighted by atomic mass is 9.97. The Morgan fingerprint density at radius 2 is 1.64 bits per heavy atom. The second-order valence-corrected chi connectivity index (χ2v) is 16.1. The third-order valence-corrected chi connectivity index (χ3v) is 12.1. The van der Waals surface area contributed by atoms with Gasteiger partial charge in [-0.15, -0.1) is 0 Å². The first kappa shape index (κ1) is 39.9. The van der Waals surface area contributed by atoms with Crippen LogP contribution in [0.4, 0.5) is 5.69 Å². The van der Waals surface area contributed by atoms with Crippen molar-refractivity contribution in [1.29, 1.82) is 0 Å². The van der Waals surface area contributed by atoms with Crippen LogP contribution in [0.15, 0.2) is 67.1 Å². The molecule has 1 aliphatic heterocycles. The number of phenolic OH excluding ortho intramolecular Hbond substituents is 1. The van der Waals surface area contributed by atoms with Gasteiger partial charge in [-0.2, -0.15) is 0 Å². The number of hydrogen-bond acceptors (Lipinski definition) is 8. The fourth-order valence-electron chi connectivity index (χ4n) is 8.62. The summed E-state index contributed by atoms with van der Waals surface area (Å²) in [5.74, 6) is -0.121. The third kappa shape index (κ3) is 7.06. The van der Waals surface area contributed by atoms with E-state index >= 15 is 4.79 Å². The highest BCUT2D eigenvalue weighted by molar-refractivity contribution is 6.35. The lowest BCUT2D eigenvalue weighted by Gasteiger charge is -2.35. The van der Waals surface area contributed by atoms with Crippen molar-refractivity contribution in [2.75, 3.05) is 25.2 Å². The van der Waals surface area contributed by atoms with Crippen molar-refractivity contribution in [2.24, 2.45) is 0 Å². The van der Waals surface area contributed by atoms with E-state index in [1.54, 1.807) is 35.6 Å². The van der Waals surface area contributed by atoms with Crippen LogP contribution in [0.25, 0.3) is 32.9 Å². The van der Waals surface area contributed by atoms with E-state index in [0.717, 1.165) is 72.1 Å². The minimum atomic E-state index is -0.550. The number of phenols is 1. The molecule has 0 radical (unpaired) electrons. The van der Waals surface area contributed by atoms with Crippen molar-refractivity contribution in [3.8, 4) is 22.6 Å². The van der Waals surface area contributed by atoms with Gasteiger partial charge < -0.3 is 28.6 Å². The molecule has 4 aromatic heterocycles. The standard InChI is InChI=1S/C46H44Cl2N6O5/c1-24-12-13-49-31(15-24)22-52-38(46(57)58-7)19-30-18-32(55)20-37(42(30)52)53-21-27(4)54-43-35(10-11-36(47)40(43)39-28(5)50-23-51-29(39)6)34(44(54)45(53)56)9-8-14-59-33-16-25(2)41(48)26(3)17-33/h10-13,15-20,23,27,55H,8-9,14,21-22H2,1-7H3/t27-/m1/s1. The SMILES string of the molecule is COC(=O)c1cc2cc(O)cc(N3C[C@@H](C)n4c(c(CCCOc5cc(C)c(Cl)c(C)c5)c5ccc(Cl)c(-c6c(C)ncnc6C)c54)C3=O)c2n1Cc1cc(C)ccn1. The van der Waals surface area contributed by atoms with Gasteiger partial charge in [-0.05, 0) is 119 Å². The summed E-state index contributed by atoms with van der Waals surface area (Å²) in [5, 5.41) is 13.9. The molecule has 302 valence electrons. The summed E-state index contributed by atoms with van der Waals surface area (Å²) in [6.45, 7) is 12.7. The first-order chi connectivity index (χ1) is 28.3. The van der Waals surface area contributed by atoms with Gasteiger partial charge in [-0.1, -0.05) is 29.3 Å². The largest absolute Gasteiger partial charge is 0.508 e. The number of halogens is 2. The van der Waals surface area contributed by atoms with Gasteiger partial charge in [0.2, 0.25) is 0 Å². The summed E-state index contributed by atoms with van der Waals surface area (Å²) in [5.41, 5.74) is 10.3. The number of fused-ring (bicyclic) bond motifs is 4. The molecule has 1 aliphatic rings. The van der Waals surface area contributed by atoms with Crippen molar-refractivity contribution in [2.45, 2.75) is 67.0 Å². The Hall–Kier alpha value is -5.91. The van der Waals surface area contributed by atoms with E-state index in [4.69, 9.17) is 32.7 Å². The van der Waals surface area contributed by atoms with Crippen LogP contribution in [-0.4, -0.2) is 61.3 Å². The Morgan fingerprint density at radius 3 is 2.34 bits per heavy atom. The van der Waals surface area contributed by atoms with E-state index in [1.165, 1.54) is 7.11 Å². The van der Waals surface area contributed by atoms with Crippen molar-refractivity contribution < 1.29 is 24.2 Å². The number of aryl methyl sites for hydroxylation is 6. The zero-order valence-electron chi connectivity index (χ0n) is 34.0. The van der Waals surface area contributed by atoms with Crippen molar-refractivity contribution in [3.05, 3.63) is 128 Å². The van der Waals surface area contributed by atoms with Crippen LogP contribution in [0.1, 0.15) is 79.7 Å². The second kappa shape index (κ2) is 15.7. The molecule has 11 nitrogen and oxygen atoms in total. The van der Waals surface area contributed by atoms with Crippen LogP contribution < -0.4 is 9.64 Å². The molecule has 1 N–H and O–H groups in total. The number of ether oxygens (including phenoxy) is 2. The number of hydrogen-bond donors (Lipinski definition) is 1. The van der Waals surface area contributed by atoms with E-state index < -0.39 is 5.97 Å². The zero-order chi connectivity index (χ0) is 41.9. The maximum absolute atomic E-state index is 15.5. The minimum Gasteiger partial charge on any atom is -0.508 e. The summed E-state index contributed by atoms with van der Waals surface area (Å²) in [7, 11) is 1.33. The Bertz CT molecular complexity index is 2800. The number of amides is 1. The summed E-state index contributed by atoms with van der Waals surface area (Å²) >= 11 is 13.6. The van der Waals surface area contributed by atoms with E-state index in [2.05, 4.69) is 26.4 Å². The predicted octanol–water partition coefficient (Wildman–Crippen LogP) is 10.1. The van der Waals surface area contributed by atoms with Crippen LogP contribution >= 0.6 is 23.2 Å². The molecule has 13 heteroatoms. The molecular formula is C46H44Cl2N6O5.